The molecule has 0 atom stereocenters. The van der Waals surface area contributed by atoms with Crippen LogP contribution in [0.2, 0.25) is 0 Å². The third kappa shape index (κ3) is 6.10. The number of rotatable bonds is 10. The predicted molar refractivity (Wildman–Crippen MR) is 134 cm³/mol. The maximum Gasteiger partial charge on any atom is 0.253 e. The van der Waals surface area contributed by atoms with Crippen molar-refractivity contribution in [2.45, 2.75) is 11.6 Å². The lowest BCUT2D eigenvalue weighted by Gasteiger charge is -2.11. The summed E-state index contributed by atoms with van der Waals surface area (Å²) in [7, 11) is 3.43. The summed E-state index contributed by atoms with van der Waals surface area (Å²) in [6.07, 6.45) is 2.25. The summed E-state index contributed by atoms with van der Waals surface area (Å²) in [5.74, 6) is 1.57. The summed E-state index contributed by atoms with van der Waals surface area (Å²) >= 11 is 1.25. The van der Waals surface area contributed by atoms with Gasteiger partial charge in [0.1, 0.15) is 5.75 Å². The number of carbonyl (C=O) groups excluding carboxylic acids is 2. The fourth-order valence-electron chi connectivity index (χ4n) is 3.38. The standard InChI is InChI=1S/C25H25N5O4S/c1-30-23(21-8-5-15-34-21)28-29-25(30)35-16-22(31)27-20-7-4-3-6-19(20)24(32)26-14-13-17-9-11-18(33-2)12-10-17/h3-12,15H,13-14,16H2,1-2H3,(H,26,32)(H,27,31). The van der Waals surface area contributed by atoms with Gasteiger partial charge in [-0.05, 0) is 48.4 Å². The second kappa shape index (κ2) is 11.4. The van der Waals surface area contributed by atoms with Gasteiger partial charge in [-0.25, -0.2) is 0 Å². The number of ether oxygens (including phenoxy) is 1. The van der Waals surface area contributed by atoms with E-state index in [1.807, 2.05) is 31.3 Å². The number of hydrogen-bond acceptors (Lipinski definition) is 7. The molecule has 0 radical (unpaired) electrons. The van der Waals surface area contributed by atoms with E-state index in [-0.39, 0.29) is 17.6 Å². The Hall–Kier alpha value is -4.05. The first-order chi connectivity index (χ1) is 17.0. The van der Waals surface area contributed by atoms with E-state index in [9.17, 15) is 9.59 Å². The minimum absolute atomic E-state index is 0.109. The molecule has 2 N–H and O–H groups in total. The number of anilines is 1. The molecule has 2 aromatic carbocycles. The van der Waals surface area contributed by atoms with E-state index in [1.54, 1.807) is 54.3 Å². The van der Waals surface area contributed by atoms with Crippen molar-refractivity contribution < 1.29 is 18.7 Å². The molecule has 35 heavy (non-hydrogen) atoms. The van der Waals surface area contributed by atoms with Crippen molar-refractivity contribution in [3.8, 4) is 17.3 Å². The Morgan fingerprint density at radius 1 is 1.06 bits per heavy atom. The van der Waals surface area contributed by atoms with Gasteiger partial charge < -0.3 is 24.4 Å². The van der Waals surface area contributed by atoms with Crippen molar-refractivity contribution in [1.82, 2.24) is 20.1 Å². The normalized spacial score (nSPS) is 10.7. The quantitative estimate of drug-likeness (QED) is 0.325. The van der Waals surface area contributed by atoms with E-state index < -0.39 is 0 Å². The number of methoxy groups -OCH3 is 1. The molecule has 2 amide bonds. The molecule has 0 aliphatic heterocycles. The van der Waals surface area contributed by atoms with Crippen molar-refractivity contribution in [2.24, 2.45) is 7.05 Å². The van der Waals surface area contributed by atoms with E-state index in [0.29, 0.717) is 41.0 Å². The van der Waals surface area contributed by atoms with Gasteiger partial charge in [0.2, 0.25) is 5.91 Å². The Bertz CT molecular complexity index is 1290. The SMILES string of the molecule is COc1ccc(CCNC(=O)c2ccccc2NC(=O)CSc2nnc(-c3ccco3)n2C)cc1. The fraction of sp³-hybridized carbons (Fsp3) is 0.200. The monoisotopic (exact) mass is 491 g/mol. The second-order valence-electron chi connectivity index (χ2n) is 7.58. The number of para-hydroxylation sites is 1. The highest BCUT2D eigenvalue weighted by Gasteiger charge is 2.16. The average molecular weight is 492 g/mol. The molecule has 4 rings (SSSR count). The van der Waals surface area contributed by atoms with Crippen LogP contribution in [0.25, 0.3) is 11.6 Å². The number of nitrogens with one attached hydrogen (secondary N) is 2. The van der Waals surface area contributed by atoms with Gasteiger partial charge >= 0.3 is 0 Å². The van der Waals surface area contributed by atoms with Crippen molar-refractivity contribution >= 4 is 29.3 Å². The molecule has 0 fully saturated rings. The Labute approximate surface area is 206 Å². The van der Waals surface area contributed by atoms with E-state index >= 15 is 0 Å². The largest absolute Gasteiger partial charge is 0.497 e. The molecule has 0 aliphatic carbocycles. The summed E-state index contributed by atoms with van der Waals surface area (Å²) in [5, 5.41) is 14.6. The van der Waals surface area contributed by atoms with Gasteiger partial charge in [-0.15, -0.1) is 10.2 Å². The molecule has 0 saturated carbocycles. The van der Waals surface area contributed by atoms with Gasteiger partial charge in [0.25, 0.3) is 5.91 Å². The number of nitrogens with zero attached hydrogens (tertiary/aromatic N) is 3. The average Bonchev–Trinajstić information content (AvgIpc) is 3.53. The van der Waals surface area contributed by atoms with Crippen LogP contribution < -0.4 is 15.4 Å². The van der Waals surface area contributed by atoms with Gasteiger partial charge in [0.05, 0.1) is 30.4 Å². The van der Waals surface area contributed by atoms with Crippen molar-refractivity contribution in [2.75, 3.05) is 24.7 Å². The van der Waals surface area contributed by atoms with Crippen LogP contribution in [0.4, 0.5) is 5.69 Å². The minimum Gasteiger partial charge on any atom is -0.497 e. The minimum atomic E-state index is -0.254. The van der Waals surface area contributed by atoms with Gasteiger partial charge in [0, 0.05) is 13.6 Å². The van der Waals surface area contributed by atoms with E-state index in [1.165, 1.54) is 11.8 Å². The zero-order chi connectivity index (χ0) is 24.6. The lowest BCUT2D eigenvalue weighted by Crippen LogP contribution is -2.27. The zero-order valence-corrected chi connectivity index (χ0v) is 20.2. The highest BCUT2D eigenvalue weighted by atomic mass is 32.2. The number of furan rings is 1. The first-order valence-electron chi connectivity index (χ1n) is 10.9. The van der Waals surface area contributed by atoms with Gasteiger partial charge in [0.15, 0.2) is 16.7 Å². The number of thioether (sulfide) groups is 1. The van der Waals surface area contributed by atoms with E-state index in [0.717, 1.165) is 11.3 Å². The third-order valence-electron chi connectivity index (χ3n) is 5.21. The highest BCUT2D eigenvalue weighted by Crippen LogP contribution is 2.23. The summed E-state index contributed by atoms with van der Waals surface area (Å²) < 4.78 is 12.3. The predicted octanol–water partition coefficient (Wildman–Crippen LogP) is 3.79. The summed E-state index contributed by atoms with van der Waals surface area (Å²) in [6.45, 7) is 0.466. The smallest absolute Gasteiger partial charge is 0.253 e. The Morgan fingerprint density at radius 2 is 1.86 bits per heavy atom. The highest BCUT2D eigenvalue weighted by molar-refractivity contribution is 7.99. The molecular formula is C25H25N5O4S. The number of aromatic nitrogens is 3. The van der Waals surface area contributed by atoms with Gasteiger partial charge in [-0.1, -0.05) is 36.0 Å². The van der Waals surface area contributed by atoms with Crippen LogP contribution in [-0.2, 0) is 18.3 Å². The summed E-state index contributed by atoms with van der Waals surface area (Å²) in [5.41, 5.74) is 1.94. The Kier molecular flexibility index (Phi) is 7.84. The fourth-order valence-corrected chi connectivity index (χ4v) is 4.09. The van der Waals surface area contributed by atoms with Crippen LogP contribution in [0.1, 0.15) is 15.9 Å². The molecule has 10 heteroatoms. The van der Waals surface area contributed by atoms with Crippen LogP contribution in [0.15, 0.2) is 76.5 Å². The lowest BCUT2D eigenvalue weighted by molar-refractivity contribution is -0.113. The topological polar surface area (TPSA) is 111 Å². The van der Waals surface area contributed by atoms with Crippen molar-refractivity contribution in [3.63, 3.8) is 0 Å². The molecule has 0 aliphatic rings. The number of benzene rings is 2. The summed E-state index contributed by atoms with van der Waals surface area (Å²) in [4.78, 5) is 25.4. The second-order valence-corrected chi connectivity index (χ2v) is 8.52. The Balaban J connectivity index is 1.31. The maximum absolute atomic E-state index is 12.8. The molecule has 0 spiro atoms. The van der Waals surface area contributed by atoms with E-state index in [4.69, 9.17) is 9.15 Å². The molecule has 0 bridgehead atoms. The molecule has 2 heterocycles. The molecular weight excluding hydrogens is 466 g/mol. The first-order valence-corrected chi connectivity index (χ1v) is 11.9. The van der Waals surface area contributed by atoms with E-state index in [2.05, 4.69) is 20.8 Å². The molecule has 4 aromatic rings. The lowest BCUT2D eigenvalue weighted by atomic mass is 10.1. The first kappa shape index (κ1) is 24.1. The summed E-state index contributed by atoms with van der Waals surface area (Å²) in [6, 6.07) is 18.2. The van der Waals surface area contributed by atoms with Gasteiger partial charge in [-0.2, -0.15) is 0 Å². The van der Waals surface area contributed by atoms with Crippen LogP contribution >= 0.6 is 11.8 Å². The third-order valence-corrected chi connectivity index (χ3v) is 6.23. The van der Waals surface area contributed by atoms with Crippen LogP contribution in [0, 0.1) is 0 Å². The molecule has 180 valence electrons. The van der Waals surface area contributed by atoms with Crippen molar-refractivity contribution in [3.05, 3.63) is 78.1 Å². The zero-order valence-electron chi connectivity index (χ0n) is 19.4. The number of amides is 2. The molecule has 0 saturated heterocycles. The van der Waals surface area contributed by atoms with Crippen LogP contribution in [0.5, 0.6) is 5.75 Å². The van der Waals surface area contributed by atoms with Gasteiger partial charge in [-0.3, -0.25) is 9.59 Å². The number of carbonyl (C=O) groups is 2. The molecule has 0 unspecified atom stereocenters. The number of hydrogen-bond donors (Lipinski definition) is 2. The van der Waals surface area contributed by atoms with Crippen LogP contribution in [0.3, 0.4) is 0 Å². The Morgan fingerprint density at radius 3 is 2.60 bits per heavy atom. The maximum atomic E-state index is 12.8. The molecule has 9 nitrogen and oxygen atoms in total. The van der Waals surface area contributed by atoms with Crippen molar-refractivity contribution in [1.29, 1.82) is 0 Å². The van der Waals surface area contributed by atoms with Crippen LogP contribution in [-0.4, -0.2) is 46.0 Å². The molecule has 2 aromatic heterocycles.